The SMILES string of the molecule is C=CCN(CC(=O)N1CCCCC1c1nc(-c2ccc(Br)cc2)no1)C(=O)c1ccc([N+](=O)[O-])cc1. The summed E-state index contributed by atoms with van der Waals surface area (Å²) in [5, 5.41) is 15.0. The zero-order valence-corrected chi connectivity index (χ0v) is 21.0. The first-order chi connectivity index (χ1) is 17.4. The van der Waals surface area contributed by atoms with E-state index in [-0.39, 0.29) is 36.3 Å². The van der Waals surface area contributed by atoms with Crippen LogP contribution in [0.1, 0.15) is 41.6 Å². The number of aromatic nitrogens is 2. The van der Waals surface area contributed by atoms with Gasteiger partial charge in [-0.25, -0.2) is 0 Å². The molecule has 0 aliphatic carbocycles. The number of nitro benzene ring substituents is 1. The Labute approximate surface area is 215 Å². The lowest BCUT2D eigenvalue weighted by Crippen LogP contribution is -2.46. The van der Waals surface area contributed by atoms with Gasteiger partial charge in [0.25, 0.3) is 11.6 Å². The van der Waals surface area contributed by atoms with Crippen LogP contribution in [-0.4, -0.2) is 56.3 Å². The van der Waals surface area contributed by atoms with Gasteiger partial charge in [-0.1, -0.05) is 27.2 Å². The predicted molar refractivity (Wildman–Crippen MR) is 135 cm³/mol. The average Bonchev–Trinajstić information content (AvgIpc) is 3.38. The van der Waals surface area contributed by atoms with Crippen LogP contribution in [0.3, 0.4) is 0 Å². The molecule has 0 spiro atoms. The molecule has 4 rings (SSSR count). The fourth-order valence-corrected chi connectivity index (χ4v) is 4.38. The Bertz CT molecular complexity index is 1260. The third-order valence-corrected chi connectivity index (χ3v) is 6.47. The highest BCUT2D eigenvalue weighted by atomic mass is 79.9. The van der Waals surface area contributed by atoms with Crippen molar-refractivity contribution >= 4 is 33.4 Å². The minimum atomic E-state index is -0.532. The molecule has 11 heteroatoms. The van der Waals surface area contributed by atoms with Crippen LogP contribution >= 0.6 is 15.9 Å². The number of hydrogen-bond acceptors (Lipinski definition) is 7. The number of benzene rings is 2. The summed E-state index contributed by atoms with van der Waals surface area (Å²) >= 11 is 3.40. The third-order valence-electron chi connectivity index (χ3n) is 5.94. The zero-order valence-electron chi connectivity index (χ0n) is 19.4. The van der Waals surface area contributed by atoms with Crippen LogP contribution in [0.5, 0.6) is 0 Å². The molecule has 3 aromatic rings. The van der Waals surface area contributed by atoms with E-state index in [0.29, 0.717) is 24.7 Å². The Hall–Kier alpha value is -3.86. The first-order valence-corrected chi connectivity index (χ1v) is 12.2. The van der Waals surface area contributed by atoms with Crippen molar-refractivity contribution in [2.45, 2.75) is 25.3 Å². The van der Waals surface area contributed by atoms with Crippen molar-refractivity contribution in [3.8, 4) is 11.4 Å². The summed E-state index contributed by atoms with van der Waals surface area (Å²) in [6.45, 7) is 4.17. The molecule has 2 heterocycles. The van der Waals surface area contributed by atoms with Crippen molar-refractivity contribution in [2.24, 2.45) is 0 Å². The van der Waals surface area contributed by atoms with Gasteiger partial charge in [0, 0.05) is 40.8 Å². The maximum atomic E-state index is 13.4. The molecule has 1 aliphatic heterocycles. The van der Waals surface area contributed by atoms with E-state index >= 15 is 0 Å². The van der Waals surface area contributed by atoms with Crippen LogP contribution < -0.4 is 0 Å². The van der Waals surface area contributed by atoms with Gasteiger partial charge in [-0.2, -0.15) is 4.98 Å². The smallest absolute Gasteiger partial charge is 0.269 e. The van der Waals surface area contributed by atoms with Gasteiger partial charge >= 0.3 is 0 Å². The molecule has 10 nitrogen and oxygen atoms in total. The number of rotatable bonds is 8. The number of carbonyl (C=O) groups is 2. The van der Waals surface area contributed by atoms with Crippen LogP contribution in [0, 0.1) is 10.1 Å². The van der Waals surface area contributed by atoms with Crippen LogP contribution in [0.2, 0.25) is 0 Å². The molecule has 1 saturated heterocycles. The molecular weight excluding hydrogens is 530 g/mol. The number of halogens is 1. The highest BCUT2D eigenvalue weighted by Gasteiger charge is 2.33. The predicted octanol–water partition coefficient (Wildman–Crippen LogP) is 4.79. The molecule has 1 aliphatic rings. The molecule has 1 atom stereocenters. The Balaban J connectivity index is 1.50. The van der Waals surface area contributed by atoms with E-state index in [9.17, 15) is 19.7 Å². The molecule has 36 heavy (non-hydrogen) atoms. The van der Waals surface area contributed by atoms with E-state index in [2.05, 4.69) is 32.6 Å². The zero-order chi connectivity index (χ0) is 25.7. The van der Waals surface area contributed by atoms with Gasteiger partial charge in [0.15, 0.2) is 0 Å². The number of hydrogen-bond donors (Lipinski definition) is 0. The largest absolute Gasteiger partial charge is 0.337 e. The van der Waals surface area contributed by atoms with Gasteiger partial charge in [-0.15, -0.1) is 6.58 Å². The second kappa shape index (κ2) is 11.3. The Morgan fingerprint density at radius 3 is 2.58 bits per heavy atom. The summed E-state index contributed by atoms with van der Waals surface area (Å²) in [5.41, 5.74) is 0.936. The first kappa shape index (κ1) is 25.2. The van der Waals surface area contributed by atoms with Crippen LogP contribution in [0.25, 0.3) is 11.4 Å². The van der Waals surface area contributed by atoms with E-state index in [4.69, 9.17) is 4.52 Å². The number of nitro groups is 1. The fraction of sp³-hybridized carbons (Fsp3) is 0.280. The lowest BCUT2D eigenvalue weighted by molar-refractivity contribution is -0.384. The van der Waals surface area contributed by atoms with E-state index < -0.39 is 10.8 Å². The number of nitrogens with zero attached hydrogens (tertiary/aromatic N) is 5. The highest BCUT2D eigenvalue weighted by molar-refractivity contribution is 9.10. The molecule has 0 bridgehead atoms. The Kier molecular flexibility index (Phi) is 7.89. The number of non-ortho nitro benzene ring substituents is 1. The fourth-order valence-electron chi connectivity index (χ4n) is 4.11. The summed E-state index contributed by atoms with van der Waals surface area (Å²) in [5.74, 6) is 0.136. The molecule has 1 unspecified atom stereocenters. The molecule has 2 amide bonds. The van der Waals surface area contributed by atoms with Gasteiger partial charge in [0.05, 0.1) is 4.92 Å². The van der Waals surface area contributed by atoms with Crippen LogP contribution in [0.4, 0.5) is 5.69 Å². The van der Waals surface area contributed by atoms with Crippen molar-refractivity contribution in [1.29, 1.82) is 0 Å². The standard InChI is InChI=1S/C25H24BrN5O5/c1-2-14-29(25(33)18-8-12-20(13-9-18)31(34)35)16-22(32)30-15-4-3-5-21(30)24-27-23(28-36-24)17-6-10-19(26)11-7-17/h2,6-13,21H,1,3-5,14-16H2. The maximum absolute atomic E-state index is 13.4. The molecule has 1 aromatic heterocycles. The third kappa shape index (κ3) is 5.68. The van der Waals surface area contributed by atoms with E-state index in [1.807, 2.05) is 24.3 Å². The molecule has 0 N–H and O–H groups in total. The molecule has 1 fully saturated rings. The maximum Gasteiger partial charge on any atom is 0.269 e. The summed E-state index contributed by atoms with van der Waals surface area (Å²) in [4.78, 5) is 44.4. The van der Waals surface area contributed by atoms with E-state index in [0.717, 1.165) is 22.9 Å². The van der Waals surface area contributed by atoms with Crippen molar-refractivity contribution in [3.05, 3.63) is 87.2 Å². The topological polar surface area (TPSA) is 123 Å². The van der Waals surface area contributed by atoms with Crippen molar-refractivity contribution in [1.82, 2.24) is 19.9 Å². The lowest BCUT2D eigenvalue weighted by Gasteiger charge is -2.35. The quantitative estimate of drug-likeness (QED) is 0.223. The molecular formula is C25H24BrN5O5. The molecule has 0 radical (unpaired) electrons. The van der Waals surface area contributed by atoms with Gasteiger partial charge in [0.1, 0.15) is 12.6 Å². The Morgan fingerprint density at radius 2 is 1.92 bits per heavy atom. The second-order valence-corrected chi connectivity index (χ2v) is 9.26. The minimum absolute atomic E-state index is 0.115. The summed E-state index contributed by atoms with van der Waals surface area (Å²) < 4.78 is 6.49. The Morgan fingerprint density at radius 1 is 1.19 bits per heavy atom. The molecule has 186 valence electrons. The summed E-state index contributed by atoms with van der Waals surface area (Å²) in [7, 11) is 0. The highest BCUT2D eigenvalue weighted by Crippen LogP contribution is 2.31. The molecule has 2 aromatic carbocycles. The van der Waals surface area contributed by atoms with Gasteiger partial charge in [-0.3, -0.25) is 19.7 Å². The van der Waals surface area contributed by atoms with Crippen molar-refractivity contribution in [2.75, 3.05) is 19.6 Å². The lowest BCUT2D eigenvalue weighted by atomic mass is 10.0. The number of carbonyl (C=O) groups excluding carboxylic acids is 2. The second-order valence-electron chi connectivity index (χ2n) is 8.34. The summed E-state index contributed by atoms with van der Waals surface area (Å²) in [6, 6.07) is 12.4. The number of piperidine rings is 1. The molecule has 0 saturated carbocycles. The van der Waals surface area contributed by atoms with Crippen molar-refractivity contribution < 1.29 is 19.0 Å². The first-order valence-electron chi connectivity index (χ1n) is 11.4. The minimum Gasteiger partial charge on any atom is -0.337 e. The normalized spacial score (nSPS) is 15.4. The van der Waals surface area contributed by atoms with Crippen LogP contribution in [0.15, 0.2) is 70.2 Å². The average molecular weight is 554 g/mol. The van der Waals surface area contributed by atoms with E-state index in [1.165, 1.54) is 35.2 Å². The summed E-state index contributed by atoms with van der Waals surface area (Å²) in [6.07, 6.45) is 3.94. The van der Waals surface area contributed by atoms with Gasteiger partial charge in [0.2, 0.25) is 17.6 Å². The van der Waals surface area contributed by atoms with Crippen LogP contribution in [-0.2, 0) is 4.79 Å². The van der Waals surface area contributed by atoms with Crippen molar-refractivity contribution in [3.63, 3.8) is 0 Å². The number of likely N-dealkylation sites (tertiary alicyclic amines) is 1. The van der Waals surface area contributed by atoms with Gasteiger partial charge < -0.3 is 14.3 Å². The van der Waals surface area contributed by atoms with E-state index in [1.54, 1.807) is 4.90 Å². The number of amides is 2. The monoisotopic (exact) mass is 553 g/mol. The van der Waals surface area contributed by atoms with Gasteiger partial charge in [-0.05, 0) is 55.7 Å².